The molecule has 0 amide bonds. The van der Waals surface area contributed by atoms with Crippen LogP contribution >= 0.6 is 22.9 Å². The molecule has 2 aromatic carbocycles. The molecule has 0 aliphatic carbocycles. The van der Waals surface area contributed by atoms with Crippen molar-refractivity contribution in [1.82, 2.24) is 5.32 Å². The molecule has 9 heteroatoms. The molecule has 2 atom stereocenters. The van der Waals surface area contributed by atoms with Crippen LogP contribution < -0.4 is 11.1 Å². The maximum Gasteiger partial charge on any atom is 0.177 e. The van der Waals surface area contributed by atoms with Crippen molar-refractivity contribution in [3.8, 4) is 0 Å². The Labute approximate surface area is 202 Å². The lowest BCUT2D eigenvalue weighted by Gasteiger charge is -2.24. The second kappa shape index (κ2) is 11.1. The van der Waals surface area contributed by atoms with E-state index in [-0.39, 0.29) is 22.3 Å². The van der Waals surface area contributed by atoms with Gasteiger partial charge in [-0.15, -0.1) is 11.3 Å². The summed E-state index contributed by atoms with van der Waals surface area (Å²) >= 11 is 7.69. The maximum absolute atomic E-state index is 13.7. The summed E-state index contributed by atoms with van der Waals surface area (Å²) in [6, 6.07) is 11.0. The summed E-state index contributed by atoms with van der Waals surface area (Å²) in [5, 5.41) is 5.06. The third kappa shape index (κ3) is 6.83. The van der Waals surface area contributed by atoms with Crippen molar-refractivity contribution >= 4 is 32.8 Å². The van der Waals surface area contributed by atoms with Crippen molar-refractivity contribution in [3.05, 3.63) is 86.1 Å². The Hall–Kier alpha value is -1.84. The lowest BCUT2D eigenvalue weighted by Crippen LogP contribution is -2.37. The first-order valence-corrected chi connectivity index (χ1v) is 13.7. The molecule has 0 bridgehead atoms. The molecule has 0 saturated heterocycles. The largest absolute Gasteiger partial charge is 0.327 e. The zero-order chi connectivity index (χ0) is 24.2. The van der Waals surface area contributed by atoms with Crippen molar-refractivity contribution in [1.29, 1.82) is 0 Å². The van der Waals surface area contributed by atoms with Gasteiger partial charge < -0.3 is 11.1 Å². The van der Waals surface area contributed by atoms with E-state index in [4.69, 9.17) is 17.3 Å². The zero-order valence-corrected chi connectivity index (χ0v) is 20.8. The summed E-state index contributed by atoms with van der Waals surface area (Å²) in [6.45, 7) is 3.10. The van der Waals surface area contributed by atoms with Crippen LogP contribution in [0.4, 0.5) is 8.78 Å². The molecule has 1 aromatic heterocycles. The molecule has 178 valence electrons. The van der Waals surface area contributed by atoms with E-state index in [0.717, 1.165) is 24.3 Å². The van der Waals surface area contributed by atoms with Crippen molar-refractivity contribution < 1.29 is 17.2 Å². The Balaban J connectivity index is 1.84. The topological polar surface area (TPSA) is 72.2 Å². The predicted octanol–water partition coefficient (Wildman–Crippen LogP) is 5.09. The fraction of sp³-hybridized carbons (Fsp3) is 0.333. The number of hydrogen-bond acceptors (Lipinski definition) is 5. The summed E-state index contributed by atoms with van der Waals surface area (Å²) in [4.78, 5) is 0.699. The van der Waals surface area contributed by atoms with Crippen LogP contribution in [0.2, 0.25) is 5.02 Å². The normalized spacial score (nSPS) is 13.8. The Kier molecular flexibility index (Phi) is 8.64. The predicted molar refractivity (Wildman–Crippen MR) is 131 cm³/mol. The van der Waals surface area contributed by atoms with Gasteiger partial charge in [0.1, 0.15) is 11.6 Å². The summed E-state index contributed by atoms with van der Waals surface area (Å²) in [5.74, 6) is -1.70. The van der Waals surface area contributed by atoms with Gasteiger partial charge in [-0.3, -0.25) is 0 Å². The van der Waals surface area contributed by atoms with Crippen LogP contribution in [0.1, 0.15) is 34.4 Å². The third-order valence-electron chi connectivity index (χ3n) is 5.47. The van der Waals surface area contributed by atoms with Crippen LogP contribution in [0, 0.1) is 11.6 Å². The Morgan fingerprint density at radius 3 is 2.36 bits per heavy atom. The Bertz CT molecular complexity index is 1190. The Morgan fingerprint density at radius 2 is 1.76 bits per heavy atom. The molecule has 3 N–H and O–H groups in total. The maximum atomic E-state index is 13.7. The first-order valence-electron chi connectivity index (χ1n) is 10.5. The number of nitrogens with one attached hydrogen (secondary N) is 1. The number of thiophene rings is 1. The number of rotatable bonds is 10. The minimum Gasteiger partial charge on any atom is -0.327 e. The number of sulfone groups is 1. The van der Waals surface area contributed by atoms with Gasteiger partial charge in [-0.25, -0.2) is 17.2 Å². The summed E-state index contributed by atoms with van der Waals surface area (Å²) < 4.78 is 51.5. The van der Waals surface area contributed by atoms with E-state index in [9.17, 15) is 17.2 Å². The number of halogens is 3. The highest BCUT2D eigenvalue weighted by Gasteiger charge is 2.28. The average Bonchev–Trinajstić information content (AvgIpc) is 3.12. The second-order valence-electron chi connectivity index (χ2n) is 8.11. The molecule has 3 aromatic rings. The summed E-state index contributed by atoms with van der Waals surface area (Å²) in [6.07, 6.45) is 2.24. The van der Waals surface area contributed by atoms with E-state index in [1.807, 2.05) is 12.1 Å². The average molecular weight is 513 g/mol. The van der Waals surface area contributed by atoms with Crippen LogP contribution in [0.15, 0.2) is 52.7 Å². The van der Waals surface area contributed by atoms with Crippen LogP contribution in [-0.4, -0.2) is 27.3 Å². The molecule has 0 saturated carbocycles. The van der Waals surface area contributed by atoms with Crippen molar-refractivity contribution in [3.63, 3.8) is 0 Å². The highest BCUT2D eigenvalue weighted by atomic mass is 35.5. The highest BCUT2D eigenvalue weighted by Crippen LogP contribution is 2.38. The van der Waals surface area contributed by atoms with Gasteiger partial charge in [0.25, 0.3) is 0 Å². The molecule has 0 aliphatic heterocycles. The van der Waals surface area contributed by atoms with Gasteiger partial charge in [0.05, 0.1) is 9.92 Å². The molecule has 1 heterocycles. The minimum atomic E-state index is -3.50. The van der Waals surface area contributed by atoms with E-state index in [2.05, 4.69) is 24.4 Å². The van der Waals surface area contributed by atoms with Crippen molar-refractivity contribution in [2.24, 2.45) is 5.73 Å². The van der Waals surface area contributed by atoms with E-state index < -0.39 is 27.5 Å². The Morgan fingerprint density at radius 1 is 1.09 bits per heavy atom. The lowest BCUT2D eigenvalue weighted by atomic mass is 9.92. The monoisotopic (exact) mass is 512 g/mol. The number of aryl methyl sites for hydroxylation is 1. The first-order chi connectivity index (χ1) is 15.6. The fourth-order valence-corrected chi connectivity index (χ4v) is 6.91. The van der Waals surface area contributed by atoms with Crippen molar-refractivity contribution in [2.75, 3.05) is 12.8 Å². The second-order valence-corrected chi connectivity index (χ2v) is 11.4. The van der Waals surface area contributed by atoms with E-state index in [0.29, 0.717) is 23.5 Å². The summed E-state index contributed by atoms with van der Waals surface area (Å²) in [7, 11) is -3.50. The van der Waals surface area contributed by atoms with Gasteiger partial charge in [-0.1, -0.05) is 42.8 Å². The molecule has 3 rings (SSSR count). The summed E-state index contributed by atoms with van der Waals surface area (Å²) in [5.41, 5.74) is 9.28. The van der Waals surface area contributed by atoms with Gasteiger partial charge in [0.15, 0.2) is 9.84 Å². The number of hydrogen-bond donors (Lipinski definition) is 2. The van der Waals surface area contributed by atoms with E-state index in [1.54, 1.807) is 0 Å². The van der Waals surface area contributed by atoms with Crippen LogP contribution in [0.3, 0.4) is 0 Å². The third-order valence-corrected chi connectivity index (χ3v) is 8.48. The minimum absolute atomic E-state index is 0.0637. The van der Waals surface area contributed by atoms with Crippen LogP contribution in [0.25, 0.3) is 0 Å². The van der Waals surface area contributed by atoms with Gasteiger partial charge >= 0.3 is 0 Å². The SMILES string of the molecule is CCc1cccc(CNCC(c2scc(S(C)(=O)=O)c2Cl)C(N)Cc2cc(F)cc(F)c2)c1. The lowest BCUT2D eigenvalue weighted by molar-refractivity contribution is 0.489. The molecule has 0 radical (unpaired) electrons. The zero-order valence-electron chi connectivity index (χ0n) is 18.4. The fourth-order valence-electron chi connectivity index (χ4n) is 3.76. The van der Waals surface area contributed by atoms with Gasteiger partial charge in [-0.2, -0.15) is 0 Å². The van der Waals surface area contributed by atoms with E-state index in [1.165, 1.54) is 34.4 Å². The first kappa shape index (κ1) is 25.8. The molecular weight excluding hydrogens is 486 g/mol. The van der Waals surface area contributed by atoms with Gasteiger partial charge in [0.2, 0.25) is 0 Å². The molecule has 0 aliphatic rings. The smallest absolute Gasteiger partial charge is 0.177 e. The molecule has 2 unspecified atom stereocenters. The number of benzene rings is 2. The quantitative estimate of drug-likeness (QED) is 0.397. The standard InChI is InChI=1S/C24H27ClF2N2O2S2/c1-3-15-5-4-6-16(7-15)12-29-13-20(24-23(25)22(14-32-24)33(2,30)31)21(28)10-17-8-18(26)11-19(27)9-17/h4-9,11,14,20-21,29H,3,10,12-13,28H2,1-2H3. The molecular formula is C24H27ClF2N2O2S2. The molecule has 0 spiro atoms. The van der Waals surface area contributed by atoms with Crippen LogP contribution in [0.5, 0.6) is 0 Å². The van der Waals surface area contributed by atoms with E-state index >= 15 is 0 Å². The van der Waals surface area contributed by atoms with Crippen LogP contribution in [-0.2, 0) is 29.2 Å². The van der Waals surface area contributed by atoms with Gasteiger partial charge in [0, 0.05) is 47.6 Å². The van der Waals surface area contributed by atoms with Gasteiger partial charge in [-0.05, 0) is 41.7 Å². The highest BCUT2D eigenvalue weighted by molar-refractivity contribution is 7.91. The van der Waals surface area contributed by atoms with Crippen molar-refractivity contribution in [2.45, 2.75) is 43.2 Å². The number of nitrogens with two attached hydrogens (primary N) is 1. The molecule has 4 nitrogen and oxygen atoms in total. The molecule has 33 heavy (non-hydrogen) atoms. The molecule has 0 fully saturated rings.